The Kier molecular flexibility index (Phi) is 9.72. The van der Waals surface area contributed by atoms with Gasteiger partial charge in [-0.15, -0.1) is 0 Å². The van der Waals surface area contributed by atoms with Crippen LogP contribution < -0.4 is 20.9 Å². The molecule has 4 aromatic carbocycles. The van der Waals surface area contributed by atoms with Crippen LogP contribution in [0.4, 0.5) is 26.0 Å². The van der Waals surface area contributed by atoms with Crippen molar-refractivity contribution >= 4 is 50.2 Å². The van der Waals surface area contributed by atoms with Crippen LogP contribution in [0.3, 0.4) is 0 Å². The van der Waals surface area contributed by atoms with Gasteiger partial charge in [0.1, 0.15) is 29.6 Å². The molecular weight excluding hydrogens is 751 g/mol. The molecule has 2 aliphatic heterocycles. The minimum absolute atomic E-state index is 0.311. The molecule has 3 N–H and O–H groups in total. The summed E-state index contributed by atoms with van der Waals surface area (Å²) >= 11 is 0. The molecular formula is C45H40F2N10O2. The van der Waals surface area contributed by atoms with Crippen molar-refractivity contribution in [2.24, 2.45) is 5.73 Å². The number of nitrogens with one attached hydrogen (secondary N) is 1. The van der Waals surface area contributed by atoms with E-state index in [2.05, 4.69) is 43.3 Å². The highest BCUT2D eigenvalue weighted by molar-refractivity contribution is 5.95. The summed E-state index contributed by atoms with van der Waals surface area (Å²) in [4.78, 5) is 28.9. The van der Waals surface area contributed by atoms with Gasteiger partial charge in [-0.25, -0.2) is 33.7 Å². The van der Waals surface area contributed by atoms with E-state index in [9.17, 15) is 8.78 Å². The quantitative estimate of drug-likeness (QED) is 0.152. The van der Waals surface area contributed by atoms with Gasteiger partial charge >= 0.3 is 0 Å². The Labute approximate surface area is 338 Å². The van der Waals surface area contributed by atoms with Crippen LogP contribution >= 0.6 is 0 Å². The summed E-state index contributed by atoms with van der Waals surface area (Å²) in [5.41, 5.74) is 15.8. The molecule has 0 saturated carbocycles. The van der Waals surface area contributed by atoms with E-state index >= 15 is 0 Å². The number of benzene rings is 4. The highest BCUT2D eigenvalue weighted by Gasteiger charge is 2.24. The monoisotopic (exact) mass is 790 g/mol. The van der Waals surface area contributed by atoms with Crippen LogP contribution in [-0.4, -0.2) is 82.1 Å². The van der Waals surface area contributed by atoms with Crippen LogP contribution in [0.5, 0.6) is 0 Å². The maximum atomic E-state index is 14.8. The first-order valence-electron chi connectivity index (χ1n) is 19.7. The highest BCUT2D eigenvalue weighted by atomic mass is 19.1. The SMILES string of the molecule is NC(c1cc2cccc(N3CCOCC3)c2nc1-c1cccc(F)c1)n1cnc2c(NCc3cc4cccc(N5CCOCC5)c4nc3-c3cccc(F)c3)ncnc21. The zero-order valence-corrected chi connectivity index (χ0v) is 32.1. The molecule has 0 amide bonds. The number of fused-ring (bicyclic) bond motifs is 3. The second kappa shape index (κ2) is 15.6. The summed E-state index contributed by atoms with van der Waals surface area (Å²) in [5, 5.41) is 5.33. The Hall–Kier alpha value is -6.61. The fourth-order valence-electron chi connectivity index (χ4n) is 8.17. The first-order valence-corrected chi connectivity index (χ1v) is 19.7. The molecule has 296 valence electrons. The first-order chi connectivity index (χ1) is 29.0. The molecule has 2 saturated heterocycles. The molecule has 0 bridgehead atoms. The van der Waals surface area contributed by atoms with Gasteiger partial charge in [0.15, 0.2) is 11.5 Å². The van der Waals surface area contributed by atoms with Gasteiger partial charge in [0, 0.05) is 60.2 Å². The van der Waals surface area contributed by atoms with Crippen LogP contribution in [0.15, 0.2) is 110 Å². The van der Waals surface area contributed by atoms with Gasteiger partial charge in [0.25, 0.3) is 0 Å². The van der Waals surface area contributed by atoms with Gasteiger partial charge in [-0.05, 0) is 54.1 Å². The maximum absolute atomic E-state index is 14.8. The first kappa shape index (κ1) is 36.7. The number of rotatable bonds is 9. The van der Waals surface area contributed by atoms with Gasteiger partial charge in [-0.2, -0.15) is 0 Å². The number of nitrogens with zero attached hydrogens (tertiary/aromatic N) is 8. The number of anilines is 3. The smallest absolute Gasteiger partial charge is 0.167 e. The van der Waals surface area contributed by atoms with Crippen molar-refractivity contribution in [1.29, 1.82) is 0 Å². The van der Waals surface area contributed by atoms with E-state index in [1.54, 1.807) is 23.0 Å². The van der Waals surface area contributed by atoms with Gasteiger partial charge in [-0.1, -0.05) is 48.5 Å². The molecule has 2 aliphatic rings. The molecule has 1 atom stereocenters. The number of aromatic nitrogens is 6. The zero-order chi connectivity index (χ0) is 39.9. The molecule has 4 aromatic heterocycles. The fourth-order valence-corrected chi connectivity index (χ4v) is 8.17. The lowest BCUT2D eigenvalue weighted by atomic mass is 10.0. The van der Waals surface area contributed by atoms with Crippen LogP contribution in [-0.2, 0) is 16.0 Å². The van der Waals surface area contributed by atoms with Crippen molar-refractivity contribution in [1.82, 2.24) is 29.5 Å². The third-order valence-electron chi connectivity index (χ3n) is 11.1. The van der Waals surface area contributed by atoms with E-state index in [4.69, 9.17) is 30.2 Å². The summed E-state index contributed by atoms with van der Waals surface area (Å²) in [5.74, 6) is -0.226. The van der Waals surface area contributed by atoms with Crippen molar-refractivity contribution < 1.29 is 18.3 Å². The van der Waals surface area contributed by atoms with Gasteiger partial charge in [0.2, 0.25) is 0 Å². The fraction of sp³-hybridized carbons (Fsp3) is 0.222. The second-order valence-corrected chi connectivity index (χ2v) is 14.7. The van der Waals surface area contributed by atoms with Crippen molar-refractivity contribution in [2.45, 2.75) is 12.7 Å². The van der Waals surface area contributed by atoms with Crippen LogP contribution in [0.2, 0.25) is 0 Å². The average molecular weight is 791 g/mol. The minimum Gasteiger partial charge on any atom is -0.378 e. The average Bonchev–Trinajstić information content (AvgIpc) is 3.72. The molecule has 0 spiro atoms. The third-order valence-corrected chi connectivity index (χ3v) is 11.1. The summed E-state index contributed by atoms with van der Waals surface area (Å²) in [6.45, 7) is 5.88. The van der Waals surface area contributed by atoms with Crippen LogP contribution in [0, 0.1) is 11.6 Å². The summed E-state index contributed by atoms with van der Waals surface area (Å²) in [6.07, 6.45) is 2.31. The number of hydrogen-bond donors (Lipinski definition) is 2. The Morgan fingerprint density at radius 1 is 0.644 bits per heavy atom. The highest BCUT2D eigenvalue weighted by Crippen LogP contribution is 2.36. The van der Waals surface area contributed by atoms with Gasteiger partial charge < -0.3 is 30.3 Å². The Morgan fingerprint density at radius 3 is 1.85 bits per heavy atom. The molecule has 10 rings (SSSR count). The number of morpholine rings is 2. The number of para-hydroxylation sites is 2. The van der Waals surface area contributed by atoms with E-state index < -0.39 is 6.17 Å². The lowest BCUT2D eigenvalue weighted by Gasteiger charge is -2.30. The Bertz CT molecular complexity index is 2840. The van der Waals surface area contributed by atoms with Gasteiger partial charge in [-0.3, -0.25) is 4.57 Å². The van der Waals surface area contributed by atoms with E-state index in [0.29, 0.717) is 78.0 Å². The molecule has 1 unspecified atom stereocenters. The predicted molar refractivity (Wildman–Crippen MR) is 225 cm³/mol. The molecule has 0 radical (unpaired) electrons. The second-order valence-electron chi connectivity index (χ2n) is 14.7. The topological polar surface area (TPSA) is 132 Å². The standard InChI is InChI=1S/C45H40F2N10O2/c46-33-9-1-5-29(22-33)38-32(21-28-7-3-11-36(40(28)53-38)55-13-17-58-18-14-55)25-49-44-42-45(51-26-50-44)57(27-52-42)43(48)35-24-31-8-4-12-37(56-15-19-59-20-16-56)41(31)54-39(35)30-6-2-10-34(47)23-30/h1-12,21-24,26-27,43H,13-20,25,48H2,(H,49,50,51). The molecule has 59 heavy (non-hydrogen) atoms. The number of hydrogen-bond acceptors (Lipinski definition) is 11. The Morgan fingerprint density at radius 2 is 1.22 bits per heavy atom. The summed E-state index contributed by atoms with van der Waals surface area (Å²) in [6, 6.07) is 29.2. The predicted octanol–water partition coefficient (Wildman–Crippen LogP) is 7.33. The van der Waals surface area contributed by atoms with Crippen molar-refractivity contribution in [3.05, 3.63) is 132 Å². The van der Waals surface area contributed by atoms with Crippen LogP contribution in [0.25, 0.3) is 55.5 Å². The number of nitrogens with two attached hydrogens (primary N) is 1. The normalized spacial score (nSPS) is 15.3. The third kappa shape index (κ3) is 7.05. The molecule has 14 heteroatoms. The summed E-state index contributed by atoms with van der Waals surface area (Å²) < 4.78 is 42.4. The number of ether oxygens (including phenoxy) is 2. The Balaban J connectivity index is 1.02. The molecule has 6 heterocycles. The molecule has 0 aliphatic carbocycles. The minimum atomic E-state index is -0.796. The van der Waals surface area contributed by atoms with Crippen molar-refractivity contribution in [3.8, 4) is 22.5 Å². The van der Waals surface area contributed by atoms with E-state index in [1.165, 1.54) is 30.6 Å². The number of pyridine rings is 2. The molecule has 8 aromatic rings. The van der Waals surface area contributed by atoms with E-state index in [1.807, 2.05) is 42.5 Å². The zero-order valence-electron chi connectivity index (χ0n) is 32.1. The number of halogens is 2. The lowest BCUT2D eigenvalue weighted by molar-refractivity contribution is 0.122. The lowest BCUT2D eigenvalue weighted by Crippen LogP contribution is -2.36. The molecule has 12 nitrogen and oxygen atoms in total. The largest absolute Gasteiger partial charge is 0.378 e. The van der Waals surface area contributed by atoms with Gasteiger partial charge in [0.05, 0.1) is 66.6 Å². The molecule has 2 fully saturated rings. The summed E-state index contributed by atoms with van der Waals surface area (Å²) in [7, 11) is 0. The van der Waals surface area contributed by atoms with Crippen molar-refractivity contribution in [3.63, 3.8) is 0 Å². The van der Waals surface area contributed by atoms with E-state index in [0.717, 1.165) is 64.9 Å². The number of imidazole rings is 1. The van der Waals surface area contributed by atoms with E-state index in [-0.39, 0.29) is 11.6 Å². The van der Waals surface area contributed by atoms with Crippen molar-refractivity contribution in [2.75, 3.05) is 67.7 Å². The maximum Gasteiger partial charge on any atom is 0.167 e. The van der Waals surface area contributed by atoms with Crippen LogP contribution in [0.1, 0.15) is 17.3 Å².